The van der Waals surface area contributed by atoms with E-state index in [9.17, 15) is 14.4 Å². The molecule has 3 aliphatic rings. The summed E-state index contributed by atoms with van der Waals surface area (Å²) in [5.74, 6) is 0.333. The molecule has 2 aliphatic heterocycles. The van der Waals surface area contributed by atoms with Gasteiger partial charge in [-0.1, -0.05) is 24.3 Å². The summed E-state index contributed by atoms with van der Waals surface area (Å²) in [6.07, 6.45) is 5.53. The van der Waals surface area contributed by atoms with Crippen LogP contribution in [0.2, 0.25) is 0 Å². The van der Waals surface area contributed by atoms with Crippen LogP contribution < -0.4 is 4.90 Å². The van der Waals surface area contributed by atoms with E-state index in [1.54, 1.807) is 0 Å². The third-order valence-electron chi connectivity index (χ3n) is 7.53. The first kappa shape index (κ1) is 24.5. The van der Waals surface area contributed by atoms with Gasteiger partial charge in [0, 0.05) is 31.5 Å². The van der Waals surface area contributed by atoms with Gasteiger partial charge in [-0.05, 0) is 93.7 Å². The molecule has 0 aromatic heterocycles. The highest BCUT2D eigenvalue weighted by Crippen LogP contribution is 2.38. The molecule has 1 unspecified atom stereocenters. The number of benzene rings is 2. The maximum absolute atomic E-state index is 13.1. The van der Waals surface area contributed by atoms with Crippen LogP contribution >= 0.6 is 0 Å². The lowest BCUT2D eigenvalue weighted by molar-refractivity contribution is -0.118. The number of Topliss-reactive ketones (excluding diaryl/α,β-unsaturated/α-hetero) is 1. The van der Waals surface area contributed by atoms with Crippen molar-refractivity contribution in [1.82, 2.24) is 4.90 Å². The molecule has 0 bridgehead atoms. The van der Waals surface area contributed by atoms with E-state index in [-0.39, 0.29) is 23.8 Å². The second kappa shape index (κ2) is 9.72. The van der Waals surface area contributed by atoms with Gasteiger partial charge in [0.25, 0.3) is 0 Å². The number of unbranched alkanes of at least 4 members (excludes halogenated alkanes) is 1. The summed E-state index contributed by atoms with van der Waals surface area (Å²) in [5, 5.41) is 0. The number of aryl methyl sites for hydroxylation is 2. The van der Waals surface area contributed by atoms with Gasteiger partial charge in [0.15, 0.2) is 5.78 Å². The minimum atomic E-state index is -0.558. The number of fused-ring (bicyclic) bond motifs is 1. The quantitative estimate of drug-likeness (QED) is 0.365. The maximum Gasteiger partial charge on any atom is 0.410 e. The van der Waals surface area contributed by atoms with E-state index >= 15 is 0 Å². The second-order valence-corrected chi connectivity index (χ2v) is 11.2. The zero-order valence-corrected chi connectivity index (χ0v) is 21.6. The minimum Gasteiger partial charge on any atom is -0.444 e. The van der Waals surface area contributed by atoms with E-state index in [1.165, 1.54) is 11.1 Å². The fraction of sp³-hybridized carbons (Fsp3) is 0.500. The highest BCUT2D eigenvalue weighted by molar-refractivity contribution is 6.02. The van der Waals surface area contributed by atoms with Gasteiger partial charge in [0.05, 0.1) is 11.7 Å². The second-order valence-electron chi connectivity index (χ2n) is 11.2. The number of hydrogen-bond donors (Lipinski definition) is 0. The number of rotatable bonds is 7. The van der Waals surface area contributed by atoms with Crippen LogP contribution in [-0.4, -0.2) is 41.4 Å². The standard InChI is InChI=1S/C30H36N2O4/c1-30(2,3)36-29(35)31(25-13-11-20-8-4-5-9-24(20)25)16-7-6-10-26(33)23-18-21-12-14-27(34)32-17-15-22(19-23)28(21)32/h4-5,8-9,18-19,25H,6-7,10-17H2,1-3H3. The summed E-state index contributed by atoms with van der Waals surface area (Å²) in [5.41, 5.74) is 6.01. The number of carbonyl (C=O) groups is 3. The molecule has 6 heteroatoms. The lowest BCUT2D eigenvalue weighted by Gasteiger charge is -2.32. The topological polar surface area (TPSA) is 66.9 Å². The third kappa shape index (κ3) is 4.91. The molecule has 36 heavy (non-hydrogen) atoms. The van der Waals surface area contributed by atoms with Crippen molar-refractivity contribution < 1.29 is 19.1 Å². The van der Waals surface area contributed by atoms with Crippen LogP contribution in [0.3, 0.4) is 0 Å². The van der Waals surface area contributed by atoms with Crippen LogP contribution in [0.25, 0.3) is 0 Å². The van der Waals surface area contributed by atoms with Crippen molar-refractivity contribution in [3.05, 3.63) is 64.2 Å². The summed E-state index contributed by atoms with van der Waals surface area (Å²) in [4.78, 5) is 42.2. The van der Waals surface area contributed by atoms with E-state index in [2.05, 4.69) is 12.1 Å². The third-order valence-corrected chi connectivity index (χ3v) is 7.53. The van der Waals surface area contributed by atoms with Crippen LogP contribution in [-0.2, 0) is 28.8 Å². The van der Waals surface area contributed by atoms with E-state index in [1.807, 2.05) is 54.8 Å². The Bertz CT molecular complexity index is 1200. The summed E-state index contributed by atoms with van der Waals surface area (Å²) < 4.78 is 5.76. The van der Waals surface area contributed by atoms with Crippen molar-refractivity contribution in [2.24, 2.45) is 0 Å². The largest absolute Gasteiger partial charge is 0.444 e. The molecule has 2 amide bonds. The number of ketones is 1. The molecule has 2 aromatic carbocycles. The van der Waals surface area contributed by atoms with E-state index in [0.29, 0.717) is 32.2 Å². The maximum atomic E-state index is 13.1. The molecule has 190 valence electrons. The van der Waals surface area contributed by atoms with Gasteiger partial charge < -0.3 is 14.5 Å². The van der Waals surface area contributed by atoms with Crippen LogP contribution in [0.4, 0.5) is 10.5 Å². The van der Waals surface area contributed by atoms with Gasteiger partial charge in [0.1, 0.15) is 5.60 Å². The molecule has 0 fully saturated rings. The van der Waals surface area contributed by atoms with Crippen molar-refractivity contribution in [2.45, 2.75) is 83.8 Å². The summed E-state index contributed by atoms with van der Waals surface area (Å²) >= 11 is 0. The SMILES string of the molecule is CC(C)(C)OC(=O)N(CCCCC(=O)c1cc2c3c(c1)CCN3C(=O)CC2)C1CCc2ccccc21. The molecule has 2 aromatic rings. The van der Waals surface area contributed by atoms with E-state index in [4.69, 9.17) is 4.74 Å². The van der Waals surface area contributed by atoms with Gasteiger partial charge in [-0.15, -0.1) is 0 Å². The van der Waals surface area contributed by atoms with E-state index < -0.39 is 5.60 Å². The Morgan fingerprint density at radius 1 is 1.00 bits per heavy atom. The molecule has 0 radical (unpaired) electrons. The average molecular weight is 489 g/mol. The zero-order valence-electron chi connectivity index (χ0n) is 21.6. The monoisotopic (exact) mass is 488 g/mol. The van der Waals surface area contributed by atoms with Gasteiger partial charge in [0.2, 0.25) is 5.91 Å². The average Bonchev–Trinajstić information content (AvgIpc) is 3.45. The molecule has 0 spiro atoms. The highest BCUT2D eigenvalue weighted by Gasteiger charge is 2.34. The smallest absolute Gasteiger partial charge is 0.410 e. The van der Waals surface area contributed by atoms with Gasteiger partial charge >= 0.3 is 6.09 Å². The highest BCUT2D eigenvalue weighted by atomic mass is 16.6. The molecule has 1 atom stereocenters. The number of hydrogen-bond acceptors (Lipinski definition) is 4. The Labute approximate surface area is 213 Å². The zero-order chi connectivity index (χ0) is 25.4. The first-order chi connectivity index (χ1) is 17.2. The van der Waals surface area contributed by atoms with Crippen LogP contribution in [0.15, 0.2) is 36.4 Å². The summed E-state index contributed by atoms with van der Waals surface area (Å²) in [6, 6.07) is 12.3. The van der Waals surface area contributed by atoms with E-state index in [0.717, 1.165) is 54.6 Å². The minimum absolute atomic E-state index is 0.0159. The van der Waals surface area contributed by atoms with Crippen molar-refractivity contribution in [2.75, 3.05) is 18.0 Å². The predicted octanol–water partition coefficient (Wildman–Crippen LogP) is 5.80. The molecule has 0 saturated heterocycles. The Balaban J connectivity index is 1.23. The Hall–Kier alpha value is -3.15. The van der Waals surface area contributed by atoms with Crippen molar-refractivity contribution in [3.8, 4) is 0 Å². The molecule has 5 rings (SSSR count). The van der Waals surface area contributed by atoms with Crippen LogP contribution in [0.5, 0.6) is 0 Å². The molecular formula is C30H36N2O4. The summed E-state index contributed by atoms with van der Waals surface area (Å²) in [6.45, 7) is 6.97. The Morgan fingerprint density at radius 2 is 1.75 bits per heavy atom. The fourth-order valence-corrected chi connectivity index (χ4v) is 5.88. The molecule has 0 saturated carbocycles. The molecule has 1 aliphatic carbocycles. The van der Waals surface area contributed by atoms with Crippen LogP contribution in [0.1, 0.15) is 91.5 Å². The number of amides is 2. The van der Waals surface area contributed by atoms with Crippen LogP contribution in [0, 0.1) is 0 Å². The Morgan fingerprint density at radius 3 is 2.53 bits per heavy atom. The summed E-state index contributed by atoms with van der Waals surface area (Å²) in [7, 11) is 0. The van der Waals surface area contributed by atoms with Gasteiger partial charge in [-0.2, -0.15) is 0 Å². The lowest BCUT2D eigenvalue weighted by Crippen LogP contribution is -2.39. The number of nitrogens with zero attached hydrogens (tertiary/aromatic N) is 2. The molecule has 2 heterocycles. The molecule has 0 N–H and O–H groups in total. The number of carbonyl (C=O) groups excluding carboxylic acids is 3. The first-order valence-electron chi connectivity index (χ1n) is 13.3. The normalized spacial score (nSPS) is 18.1. The first-order valence-corrected chi connectivity index (χ1v) is 13.3. The van der Waals surface area contributed by atoms with Crippen molar-refractivity contribution in [1.29, 1.82) is 0 Å². The predicted molar refractivity (Wildman–Crippen MR) is 139 cm³/mol. The fourth-order valence-electron chi connectivity index (χ4n) is 5.88. The van der Waals surface area contributed by atoms with Crippen molar-refractivity contribution in [3.63, 3.8) is 0 Å². The van der Waals surface area contributed by atoms with Gasteiger partial charge in [-0.3, -0.25) is 9.59 Å². The number of anilines is 1. The van der Waals surface area contributed by atoms with Crippen molar-refractivity contribution >= 4 is 23.5 Å². The molecule has 6 nitrogen and oxygen atoms in total. The Kier molecular flexibility index (Phi) is 6.62. The van der Waals surface area contributed by atoms with Gasteiger partial charge in [-0.25, -0.2) is 4.79 Å². The lowest BCUT2D eigenvalue weighted by atomic mass is 9.94. The number of ether oxygens (including phenoxy) is 1. The molecular weight excluding hydrogens is 452 g/mol.